The Kier molecular flexibility index (Phi) is 8.26. The van der Waals surface area contributed by atoms with Crippen molar-refractivity contribution in [2.24, 2.45) is 5.92 Å². The van der Waals surface area contributed by atoms with E-state index in [2.05, 4.69) is 21.6 Å². The van der Waals surface area contributed by atoms with E-state index in [-0.39, 0.29) is 24.4 Å². The Morgan fingerprint density at radius 3 is 2.76 bits per heavy atom. The van der Waals surface area contributed by atoms with Crippen molar-refractivity contribution in [3.05, 3.63) is 22.4 Å². The highest BCUT2D eigenvalue weighted by Gasteiger charge is 2.21. The number of piperidine rings is 1. The van der Waals surface area contributed by atoms with Gasteiger partial charge in [-0.25, -0.2) is 0 Å². The molecule has 1 atom stereocenters. The first-order valence-electron chi connectivity index (χ1n) is 7.38. The quantitative estimate of drug-likeness (QED) is 0.840. The molecule has 1 aliphatic heterocycles. The minimum Gasteiger partial charge on any atom is -0.348 e. The summed E-state index contributed by atoms with van der Waals surface area (Å²) >= 11 is 1.69. The van der Waals surface area contributed by atoms with E-state index in [1.165, 1.54) is 17.7 Å². The molecule has 4 nitrogen and oxygen atoms in total. The number of halogens is 1. The summed E-state index contributed by atoms with van der Waals surface area (Å²) in [7, 11) is 2.01. The topological polar surface area (TPSA) is 44.4 Å². The van der Waals surface area contributed by atoms with Crippen molar-refractivity contribution < 1.29 is 4.79 Å². The molecule has 1 aliphatic rings. The van der Waals surface area contributed by atoms with Gasteiger partial charge in [0, 0.05) is 4.88 Å². The zero-order valence-electron chi connectivity index (χ0n) is 12.8. The lowest BCUT2D eigenvalue weighted by Crippen LogP contribution is -2.43. The second-order valence-corrected chi connectivity index (χ2v) is 6.56. The second kappa shape index (κ2) is 9.41. The highest BCUT2D eigenvalue weighted by atomic mass is 35.5. The van der Waals surface area contributed by atoms with Gasteiger partial charge in [0.15, 0.2) is 0 Å². The van der Waals surface area contributed by atoms with Crippen molar-refractivity contribution in [1.82, 2.24) is 15.5 Å². The molecule has 1 saturated heterocycles. The van der Waals surface area contributed by atoms with E-state index in [1.54, 1.807) is 11.3 Å². The number of carbonyl (C=O) groups excluding carboxylic acids is 1. The van der Waals surface area contributed by atoms with Crippen LogP contribution in [-0.2, 0) is 4.79 Å². The van der Waals surface area contributed by atoms with Crippen LogP contribution in [0.3, 0.4) is 0 Å². The van der Waals surface area contributed by atoms with Gasteiger partial charge in [0.05, 0.1) is 12.6 Å². The van der Waals surface area contributed by atoms with Gasteiger partial charge < -0.3 is 10.6 Å². The van der Waals surface area contributed by atoms with Gasteiger partial charge >= 0.3 is 0 Å². The molecule has 1 aromatic heterocycles. The monoisotopic (exact) mass is 331 g/mol. The molecule has 0 spiro atoms. The molecule has 1 aromatic rings. The van der Waals surface area contributed by atoms with Crippen LogP contribution in [0.4, 0.5) is 0 Å². The zero-order chi connectivity index (χ0) is 14.4. The number of rotatable bonds is 6. The van der Waals surface area contributed by atoms with Gasteiger partial charge in [-0.05, 0) is 63.8 Å². The third kappa shape index (κ3) is 5.94. The van der Waals surface area contributed by atoms with E-state index < -0.39 is 0 Å². The molecule has 120 valence electrons. The third-order valence-electron chi connectivity index (χ3n) is 3.91. The average molecular weight is 332 g/mol. The van der Waals surface area contributed by atoms with E-state index >= 15 is 0 Å². The fourth-order valence-corrected chi connectivity index (χ4v) is 3.47. The number of nitrogens with one attached hydrogen (secondary N) is 2. The van der Waals surface area contributed by atoms with Crippen LogP contribution in [0.1, 0.15) is 30.7 Å². The molecule has 0 radical (unpaired) electrons. The SMILES string of the molecule is CNCC1CCN(CC(=O)NC(C)c2cccs2)CC1.Cl. The van der Waals surface area contributed by atoms with Crippen molar-refractivity contribution in [2.75, 3.05) is 33.2 Å². The molecule has 2 rings (SSSR count). The summed E-state index contributed by atoms with van der Waals surface area (Å²) < 4.78 is 0. The van der Waals surface area contributed by atoms with Crippen LogP contribution in [0.25, 0.3) is 0 Å². The number of hydrogen-bond acceptors (Lipinski definition) is 4. The Labute approximate surface area is 137 Å². The molecule has 0 aliphatic carbocycles. The van der Waals surface area contributed by atoms with Crippen LogP contribution < -0.4 is 10.6 Å². The second-order valence-electron chi connectivity index (χ2n) is 5.58. The van der Waals surface area contributed by atoms with E-state index in [0.717, 1.165) is 25.6 Å². The maximum absolute atomic E-state index is 12.1. The number of amides is 1. The number of carbonyl (C=O) groups is 1. The highest BCUT2D eigenvalue weighted by molar-refractivity contribution is 7.10. The minimum atomic E-state index is 0. The Bertz CT molecular complexity index is 405. The molecule has 1 fully saturated rings. The van der Waals surface area contributed by atoms with Crippen molar-refractivity contribution in [3.63, 3.8) is 0 Å². The fraction of sp³-hybridized carbons (Fsp3) is 0.667. The molecular weight excluding hydrogens is 306 g/mol. The van der Waals surface area contributed by atoms with Gasteiger partial charge in [0.25, 0.3) is 0 Å². The van der Waals surface area contributed by atoms with Crippen LogP contribution in [-0.4, -0.2) is 44.0 Å². The molecule has 6 heteroatoms. The summed E-state index contributed by atoms with van der Waals surface area (Å²) in [6.45, 7) is 5.74. The van der Waals surface area contributed by atoms with Crippen molar-refractivity contribution in [3.8, 4) is 0 Å². The maximum atomic E-state index is 12.1. The van der Waals surface area contributed by atoms with Gasteiger partial charge in [-0.3, -0.25) is 9.69 Å². The fourth-order valence-electron chi connectivity index (χ4n) is 2.74. The number of hydrogen-bond donors (Lipinski definition) is 2. The summed E-state index contributed by atoms with van der Waals surface area (Å²) in [5.74, 6) is 0.905. The maximum Gasteiger partial charge on any atom is 0.234 e. The molecule has 0 aromatic carbocycles. The Morgan fingerprint density at radius 2 is 2.19 bits per heavy atom. The summed E-state index contributed by atoms with van der Waals surface area (Å²) in [6, 6.07) is 4.21. The summed E-state index contributed by atoms with van der Waals surface area (Å²) in [4.78, 5) is 15.5. The van der Waals surface area contributed by atoms with Gasteiger partial charge in [0.2, 0.25) is 5.91 Å². The van der Waals surface area contributed by atoms with Crippen LogP contribution >= 0.6 is 23.7 Å². The Hall–Kier alpha value is -0.620. The minimum absolute atomic E-state index is 0. The number of likely N-dealkylation sites (tertiary alicyclic amines) is 1. The molecule has 0 bridgehead atoms. The van der Waals surface area contributed by atoms with E-state index in [4.69, 9.17) is 0 Å². The standard InChI is InChI=1S/C15H25N3OS.ClH/c1-12(14-4-3-9-20-14)17-15(19)11-18-7-5-13(6-8-18)10-16-2;/h3-4,9,12-13,16H,5-8,10-11H2,1-2H3,(H,17,19);1H. The predicted molar refractivity (Wildman–Crippen MR) is 91.2 cm³/mol. The van der Waals surface area contributed by atoms with Crippen molar-refractivity contribution in [1.29, 1.82) is 0 Å². The Morgan fingerprint density at radius 1 is 1.48 bits per heavy atom. The van der Waals surface area contributed by atoms with Gasteiger partial charge in [-0.15, -0.1) is 23.7 Å². The molecule has 1 amide bonds. The lowest BCUT2D eigenvalue weighted by atomic mass is 9.97. The summed E-state index contributed by atoms with van der Waals surface area (Å²) in [5.41, 5.74) is 0. The number of nitrogens with zero attached hydrogens (tertiary/aromatic N) is 1. The highest BCUT2D eigenvalue weighted by Crippen LogP contribution is 2.19. The van der Waals surface area contributed by atoms with E-state index in [0.29, 0.717) is 6.54 Å². The normalized spacial score (nSPS) is 18.0. The Balaban J connectivity index is 0.00000220. The molecular formula is C15H26ClN3OS. The van der Waals surface area contributed by atoms with Gasteiger partial charge in [0.1, 0.15) is 0 Å². The lowest BCUT2D eigenvalue weighted by Gasteiger charge is -2.31. The largest absolute Gasteiger partial charge is 0.348 e. The summed E-state index contributed by atoms with van der Waals surface area (Å²) in [5, 5.41) is 8.37. The molecule has 2 N–H and O–H groups in total. The van der Waals surface area contributed by atoms with Crippen LogP contribution in [0.15, 0.2) is 17.5 Å². The van der Waals surface area contributed by atoms with Crippen LogP contribution in [0.2, 0.25) is 0 Å². The first-order chi connectivity index (χ1) is 9.69. The average Bonchev–Trinajstić information content (AvgIpc) is 2.95. The van der Waals surface area contributed by atoms with E-state index in [9.17, 15) is 4.79 Å². The first kappa shape index (κ1) is 18.4. The van der Waals surface area contributed by atoms with Crippen molar-refractivity contribution >= 4 is 29.7 Å². The molecule has 0 saturated carbocycles. The lowest BCUT2D eigenvalue weighted by molar-refractivity contribution is -0.123. The third-order valence-corrected chi connectivity index (χ3v) is 4.97. The van der Waals surface area contributed by atoms with Gasteiger partial charge in [-0.1, -0.05) is 6.07 Å². The summed E-state index contributed by atoms with van der Waals surface area (Å²) in [6.07, 6.45) is 2.38. The first-order valence-corrected chi connectivity index (χ1v) is 8.26. The van der Waals surface area contributed by atoms with E-state index in [1.807, 2.05) is 25.4 Å². The molecule has 2 heterocycles. The van der Waals surface area contributed by atoms with Gasteiger partial charge in [-0.2, -0.15) is 0 Å². The van der Waals surface area contributed by atoms with Crippen molar-refractivity contribution in [2.45, 2.75) is 25.8 Å². The van der Waals surface area contributed by atoms with Crippen LogP contribution in [0.5, 0.6) is 0 Å². The van der Waals surface area contributed by atoms with Crippen LogP contribution in [0, 0.1) is 5.92 Å². The predicted octanol–water partition coefficient (Wildman–Crippen LogP) is 2.28. The molecule has 1 unspecified atom stereocenters. The smallest absolute Gasteiger partial charge is 0.234 e. The number of thiophene rings is 1. The zero-order valence-corrected chi connectivity index (χ0v) is 14.4. The molecule has 21 heavy (non-hydrogen) atoms.